The molecular formula is C16H20FNO6S. The highest BCUT2D eigenvalue weighted by molar-refractivity contribution is 7.89. The number of ether oxygens (including phenoxy) is 2. The summed E-state index contributed by atoms with van der Waals surface area (Å²) in [6.45, 7) is 1.70. The normalized spacial score (nSPS) is 17.7. The van der Waals surface area contributed by atoms with Gasteiger partial charge < -0.3 is 9.47 Å². The number of carbonyl (C=O) groups is 2. The van der Waals surface area contributed by atoms with Crippen LogP contribution in [0.3, 0.4) is 0 Å². The maximum atomic E-state index is 13.0. The van der Waals surface area contributed by atoms with Crippen LogP contribution >= 0.6 is 0 Å². The summed E-state index contributed by atoms with van der Waals surface area (Å²) < 4.78 is 48.8. The van der Waals surface area contributed by atoms with Crippen LogP contribution in [0.25, 0.3) is 0 Å². The van der Waals surface area contributed by atoms with Gasteiger partial charge in [0.1, 0.15) is 5.82 Å². The van der Waals surface area contributed by atoms with Crippen molar-refractivity contribution in [2.24, 2.45) is 5.92 Å². The minimum Gasteiger partial charge on any atom is -0.466 e. The first-order valence-corrected chi connectivity index (χ1v) is 9.23. The van der Waals surface area contributed by atoms with Gasteiger partial charge in [-0.15, -0.1) is 0 Å². The highest BCUT2D eigenvalue weighted by atomic mass is 32.2. The van der Waals surface area contributed by atoms with Gasteiger partial charge >= 0.3 is 11.9 Å². The predicted octanol–water partition coefficient (Wildman–Crippen LogP) is 1.33. The van der Waals surface area contributed by atoms with E-state index < -0.39 is 39.8 Å². The topological polar surface area (TPSA) is 90.0 Å². The Morgan fingerprint density at radius 3 is 2.28 bits per heavy atom. The molecule has 7 nitrogen and oxygen atoms in total. The van der Waals surface area contributed by atoms with Gasteiger partial charge in [-0.2, -0.15) is 4.31 Å². The molecule has 0 amide bonds. The lowest BCUT2D eigenvalue weighted by atomic mass is 9.98. The van der Waals surface area contributed by atoms with E-state index in [1.165, 1.54) is 30.5 Å². The molecule has 0 spiro atoms. The van der Waals surface area contributed by atoms with Crippen molar-refractivity contribution >= 4 is 22.0 Å². The molecule has 0 bridgehead atoms. The summed E-state index contributed by atoms with van der Waals surface area (Å²) in [6, 6.07) is 4.60. The Morgan fingerprint density at radius 2 is 1.76 bits per heavy atom. The van der Waals surface area contributed by atoms with Crippen LogP contribution in [0, 0.1) is 11.7 Å². The van der Waals surface area contributed by atoms with Crippen molar-refractivity contribution in [2.75, 3.05) is 20.2 Å². The van der Waals surface area contributed by atoms with Crippen LogP contribution in [0.4, 0.5) is 4.39 Å². The molecule has 1 aliphatic rings. The zero-order valence-corrected chi connectivity index (χ0v) is 14.8. The molecule has 0 radical (unpaired) electrons. The van der Waals surface area contributed by atoms with Crippen LogP contribution < -0.4 is 0 Å². The zero-order chi connectivity index (χ0) is 18.6. The summed E-state index contributed by atoms with van der Waals surface area (Å²) in [5, 5.41) is 0. The van der Waals surface area contributed by atoms with Gasteiger partial charge in [0.25, 0.3) is 0 Å². The number of benzene rings is 1. The molecule has 25 heavy (non-hydrogen) atoms. The third-order valence-electron chi connectivity index (χ3n) is 4.06. The van der Waals surface area contributed by atoms with Gasteiger partial charge in [0, 0.05) is 13.1 Å². The van der Waals surface area contributed by atoms with E-state index in [-0.39, 0.29) is 30.8 Å². The lowest BCUT2D eigenvalue weighted by molar-refractivity contribution is -0.168. The van der Waals surface area contributed by atoms with Gasteiger partial charge in [-0.3, -0.25) is 4.79 Å². The maximum absolute atomic E-state index is 13.0. The number of methoxy groups -OCH3 is 1. The molecule has 1 unspecified atom stereocenters. The number of halogens is 1. The van der Waals surface area contributed by atoms with Crippen LogP contribution in [0.1, 0.15) is 19.8 Å². The van der Waals surface area contributed by atoms with Crippen molar-refractivity contribution in [3.8, 4) is 0 Å². The van der Waals surface area contributed by atoms with E-state index in [0.29, 0.717) is 0 Å². The van der Waals surface area contributed by atoms with Crippen molar-refractivity contribution in [3.05, 3.63) is 30.1 Å². The van der Waals surface area contributed by atoms with Gasteiger partial charge in [0.15, 0.2) is 6.10 Å². The molecule has 1 aliphatic heterocycles. The number of esters is 2. The molecule has 1 aromatic carbocycles. The fourth-order valence-electron chi connectivity index (χ4n) is 2.57. The highest BCUT2D eigenvalue weighted by Crippen LogP contribution is 2.25. The Morgan fingerprint density at radius 1 is 1.20 bits per heavy atom. The molecule has 1 atom stereocenters. The fourth-order valence-corrected chi connectivity index (χ4v) is 4.04. The summed E-state index contributed by atoms with van der Waals surface area (Å²) in [7, 11) is -2.53. The molecule has 0 N–H and O–H groups in total. The first-order valence-electron chi connectivity index (χ1n) is 7.79. The molecule has 1 heterocycles. The summed E-state index contributed by atoms with van der Waals surface area (Å²) in [5.74, 6) is -2.19. The molecule has 0 aromatic heterocycles. The second-order valence-electron chi connectivity index (χ2n) is 5.73. The van der Waals surface area contributed by atoms with Crippen molar-refractivity contribution < 1.29 is 31.9 Å². The molecule has 2 rings (SSSR count). The van der Waals surface area contributed by atoms with E-state index >= 15 is 0 Å². The quantitative estimate of drug-likeness (QED) is 0.724. The van der Waals surface area contributed by atoms with Crippen LogP contribution in [0.15, 0.2) is 29.2 Å². The van der Waals surface area contributed by atoms with Gasteiger partial charge in [0.2, 0.25) is 10.0 Å². The average Bonchev–Trinajstić information content (AvgIpc) is 2.61. The standard InChI is InChI=1S/C16H20FNO6S/c1-11(15(19)23-2)24-16(20)12-7-9-18(10-8-12)25(21,22)14-5-3-13(17)4-6-14/h3-6,11-12H,7-10H2,1-2H3. The molecule has 9 heteroatoms. The number of piperidine rings is 1. The van der Waals surface area contributed by atoms with Crippen molar-refractivity contribution in [2.45, 2.75) is 30.8 Å². The Hall–Kier alpha value is -2.00. The summed E-state index contributed by atoms with van der Waals surface area (Å²) in [6.07, 6.45) is -0.432. The Balaban J connectivity index is 1.96. The van der Waals surface area contributed by atoms with Crippen LogP contribution in [-0.4, -0.2) is 51.0 Å². The average molecular weight is 373 g/mol. The number of carbonyl (C=O) groups excluding carboxylic acids is 2. The number of hydrogen-bond donors (Lipinski definition) is 0. The first kappa shape index (κ1) is 19.3. The summed E-state index contributed by atoms with van der Waals surface area (Å²) in [4.78, 5) is 23.3. The third kappa shape index (κ3) is 4.55. The van der Waals surface area contributed by atoms with E-state index in [4.69, 9.17) is 4.74 Å². The highest BCUT2D eigenvalue weighted by Gasteiger charge is 2.34. The van der Waals surface area contributed by atoms with Gasteiger partial charge in [-0.25, -0.2) is 17.6 Å². The van der Waals surface area contributed by atoms with Gasteiger partial charge in [-0.1, -0.05) is 0 Å². The molecule has 1 aromatic rings. The Labute approximate surface area is 145 Å². The van der Waals surface area contributed by atoms with Gasteiger partial charge in [0.05, 0.1) is 17.9 Å². The van der Waals surface area contributed by atoms with E-state index in [2.05, 4.69) is 4.74 Å². The van der Waals surface area contributed by atoms with Crippen LogP contribution in [0.2, 0.25) is 0 Å². The molecular weight excluding hydrogens is 353 g/mol. The molecule has 0 saturated carbocycles. The first-order chi connectivity index (χ1) is 11.8. The maximum Gasteiger partial charge on any atom is 0.346 e. The Bertz CT molecular complexity index is 725. The second kappa shape index (κ2) is 7.92. The fraction of sp³-hybridized carbons (Fsp3) is 0.500. The minimum atomic E-state index is -3.73. The van der Waals surface area contributed by atoms with E-state index in [0.717, 1.165) is 12.1 Å². The van der Waals surface area contributed by atoms with Crippen molar-refractivity contribution in [1.29, 1.82) is 0 Å². The van der Waals surface area contributed by atoms with Crippen LogP contribution in [-0.2, 0) is 29.1 Å². The zero-order valence-electron chi connectivity index (χ0n) is 14.0. The minimum absolute atomic E-state index is 0.00856. The molecule has 1 fully saturated rings. The smallest absolute Gasteiger partial charge is 0.346 e. The number of hydrogen-bond acceptors (Lipinski definition) is 6. The lowest BCUT2D eigenvalue weighted by Gasteiger charge is -2.30. The van der Waals surface area contributed by atoms with E-state index in [9.17, 15) is 22.4 Å². The lowest BCUT2D eigenvalue weighted by Crippen LogP contribution is -2.41. The third-order valence-corrected chi connectivity index (χ3v) is 5.98. The van der Waals surface area contributed by atoms with Crippen molar-refractivity contribution in [3.63, 3.8) is 0 Å². The van der Waals surface area contributed by atoms with E-state index in [1.54, 1.807) is 0 Å². The molecule has 0 aliphatic carbocycles. The monoisotopic (exact) mass is 373 g/mol. The predicted molar refractivity (Wildman–Crippen MR) is 85.5 cm³/mol. The molecule has 1 saturated heterocycles. The summed E-state index contributed by atoms with van der Waals surface area (Å²) >= 11 is 0. The van der Waals surface area contributed by atoms with E-state index in [1.807, 2.05) is 0 Å². The second-order valence-corrected chi connectivity index (χ2v) is 7.67. The molecule has 138 valence electrons. The van der Waals surface area contributed by atoms with Gasteiger partial charge in [-0.05, 0) is 44.0 Å². The number of nitrogens with zero attached hydrogens (tertiary/aromatic N) is 1. The Kier molecular flexibility index (Phi) is 6.12. The number of rotatable bonds is 5. The largest absolute Gasteiger partial charge is 0.466 e. The SMILES string of the molecule is COC(=O)C(C)OC(=O)C1CCN(S(=O)(=O)c2ccc(F)cc2)CC1. The van der Waals surface area contributed by atoms with Crippen LogP contribution in [0.5, 0.6) is 0 Å². The summed E-state index contributed by atoms with van der Waals surface area (Å²) in [5.41, 5.74) is 0. The van der Waals surface area contributed by atoms with Crippen molar-refractivity contribution in [1.82, 2.24) is 4.31 Å². The number of sulfonamides is 1.